The minimum atomic E-state index is -0.167. The van der Waals surface area contributed by atoms with Gasteiger partial charge in [-0.1, -0.05) is 63.1 Å². The van der Waals surface area contributed by atoms with Crippen molar-refractivity contribution in [1.29, 1.82) is 0 Å². The summed E-state index contributed by atoms with van der Waals surface area (Å²) < 4.78 is 21.3. The summed E-state index contributed by atoms with van der Waals surface area (Å²) in [5, 5.41) is 0. The monoisotopic (exact) mass is 498 g/mol. The molecule has 2 aliphatic rings. The first kappa shape index (κ1) is 25.7. The molecule has 0 N–H and O–H groups in total. The number of ether oxygens (including phenoxy) is 1. The van der Waals surface area contributed by atoms with Gasteiger partial charge >= 0.3 is 0 Å². The van der Waals surface area contributed by atoms with Gasteiger partial charge in [-0.25, -0.2) is 4.39 Å². The number of carbonyl (C=O) groups excluding carboxylic acids is 1. The molecule has 1 saturated carbocycles. The number of fused-ring (bicyclic) bond motifs is 1. The van der Waals surface area contributed by atoms with E-state index in [2.05, 4.69) is 50.2 Å². The number of hydrogen-bond donors (Lipinski definition) is 0. The van der Waals surface area contributed by atoms with E-state index in [1.165, 1.54) is 29.5 Å². The van der Waals surface area contributed by atoms with Crippen molar-refractivity contribution >= 4 is 5.78 Å². The van der Waals surface area contributed by atoms with Crippen LogP contribution in [0.25, 0.3) is 11.1 Å². The van der Waals surface area contributed by atoms with Gasteiger partial charge in [0.25, 0.3) is 0 Å². The Morgan fingerprint density at radius 2 is 1.84 bits per heavy atom. The van der Waals surface area contributed by atoms with Crippen molar-refractivity contribution in [3.8, 4) is 16.9 Å². The van der Waals surface area contributed by atoms with Gasteiger partial charge in [0.2, 0.25) is 0 Å². The molecule has 0 spiro atoms. The van der Waals surface area contributed by atoms with Crippen LogP contribution in [0.4, 0.5) is 4.39 Å². The van der Waals surface area contributed by atoms with E-state index in [-0.39, 0.29) is 28.9 Å². The molecule has 0 saturated heterocycles. The molecule has 0 radical (unpaired) electrons. The normalized spacial score (nSPS) is 21.0. The van der Waals surface area contributed by atoms with Gasteiger partial charge in [0, 0.05) is 11.5 Å². The molecular weight excluding hydrogens is 459 g/mol. The van der Waals surface area contributed by atoms with E-state index in [0.717, 1.165) is 41.7 Å². The molecule has 37 heavy (non-hydrogen) atoms. The topological polar surface area (TPSA) is 26.3 Å². The maximum absolute atomic E-state index is 15.0. The lowest BCUT2D eigenvalue weighted by molar-refractivity contribution is -0.120. The summed E-state index contributed by atoms with van der Waals surface area (Å²) in [6.45, 7) is 10.9. The number of benzene rings is 3. The fourth-order valence-electron chi connectivity index (χ4n) is 6.66. The summed E-state index contributed by atoms with van der Waals surface area (Å²) in [5.74, 6) is 1.61. The quantitative estimate of drug-likeness (QED) is 0.325. The smallest absolute Gasteiger partial charge is 0.133 e. The fourth-order valence-corrected chi connectivity index (χ4v) is 6.66. The average molecular weight is 499 g/mol. The van der Waals surface area contributed by atoms with Crippen molar-refractivity contribution in [3.05, 3.63) is 88.2 Å². The lowest BCUT2D eigenvalue weighted by Crippen LogP contribution is -2.17. The second-order valence-corrected chi connectivity index (χ2v) is 12.0. The van der Waals surface area contributed by atoms with Crippen LogP contribution in [0.1, 0.15) is 93.0 Å². The van der Waals surface area contributed by atoms with E-state index in [1.807, 2.05) is 26.0 Å². The summed E-state index contributed by atoms with van der Waals surface area (Å²) in [5.41, 5.74) is 7.87. The van der Waals surface area contributed by atoms with Gasteiger partial charge in [0.05, 0.1) is 0 Å². The zero-order chi connectivity index (χ0) is 26.3. The summed E-state index contributed by atoms with van der Waals surface area (Å²) in [6, 6.07) is 18.2. The summed E-state index contributed by atoms with van der Waals surface area (Å²) in [4.78, 5) is 12.0. The highest BCUT2D eigenvalue weighted by Gasteiger charge is 2.37. The fraction of sp³-hybridized carbons (Fsp3) is 0.441. The molecule has 3 aromatic rings. The van der Waals surface area contributed by atoms with Crippen molar-refractivity contribution in [1.82, 2.24) is 0 Å². The van der Waals surface area contributed by atoms with Crippen LogP contribution < -0.4 is 4.74 Å². The Labute approximate surface area is 221 Å². The van der Waals surface area contributed by atoms with Gasteiger partial charge in [-0.05, 0) is 109 Å². The van der Waals surface area contributed by atoms with Crippen molar-refractivity contribution < 1.29 is 13.9 Å². The third kappa shape index (κ3) is 5.10. The Bertz CT molecular complexity index is 1320. The Hall–Kier alpha value is -2.94. The first-order chi connectivity index (χ1) is 17.6. The molecule has 0 amide bonds. The third-order valence-electron chi connectivity index (χ3n) is 9.05. The van der Waals surface area contributed by atoms with Crippen LogP contribution in [0.2, 0.25) is 0 Å². The lowest BCUT2D eigenvalue weighted by Gasteiger charge is -2.30. The molecule has 0 bridgehead atoms. The molecule has 3 aromatic carbocycles. The van der Waals surface area contributed by atoms with E-state index < -0.39 is 0 Å². The molecule has 2 nitrogen and oxygen atoms in total. The summed E-state index contributed by atoms with van der Waals surface area (Å²) in [7, 11) is 0. The highest BCUT2D eigenvalue weighted by molar-refractivity contribution is 5.79. The van der Waals surface area contributed by atoms with Crippen LogP contribution in [0.15, 0.2) is 54.6 Å². The molecule has 0 aromatic heterocycles. The number of aryl methyl sites for hydroxylation is 2. The van der Waals surface area contributed by atoms with Gasteiger partial charge in [-0.3, -0.25) is 4.79 Å². The molecule has 0 unspecified atom stereocenters. The predicted octanol–water partition coefficient (Wildman–Crippen LogP) is 8.93. The minimum absolute atomic E-state index is 0.0309. The SMILES string of the molecule is CC(=O)[C@@H](C)[C@H]1CCc2ccc(OCc3ccc(-c4cc(C)ccc4F)c([C@H]4CCCC4(C)C)c3)cc21. The van der Waals surface area contributed by atoms with E-state index in [4.69, 9.17) is 4.74 Å². The molecule has 0 heterocycles. The van der Waals surface area contributed by atoms with Crippen molar-refractivity contribution in [2.75, 3.05) is 0 Å². The number of ketones is 1. The highest BCUT2D eigenvalue weighted by atomic mass is 19.1. The largest absolute Gasteiger partial charge is 0.489 e. The number of Topliss-reactive ketones (excluding diaryl/α,β-unsaturated/α-hetero) is 1. The molecular formula is C34H39FO2. The standard InChI is InChI=1S/C34H39FO2/c1-21-8-15-33(35)31(17-21)28-13-9-24(18-30(28)32-7-6-16-34(32,4)5)20-37-26-12-10-25-11-14-27(29(25)19-26)22(2)23(3)36/h8-10,12-13,15,17-19,22,27,32H,6-7,11,14,16,20H2,1-5H3/t22-,27-,32-/m1/s1. The van der Waals surface area contributed by atoms with Gasteiger partial charge in [-0.15, -0.1) is 0 Å². The maximum atomic E-state index is 15.0. The van der Waals surface area contributed by atoms with Crippen molar-refractivity contribution in [2.24, 2.45) is 11.3 Å². The summed E-state index contributed by atoms with van der Waals surface area (Å²) >= 11 is 0. The Balaban J connectivity index is 1.44. The number of carbonyl (C=O) groups is 1. The maximum Gasteiger partial charge on any atom is 0.133 e. The molecule has 3 atom stereocenters. The predicted molar refractivity (Wildman–Crippen MR) is 149 cm³/mol. The Kier molecular flexibility index (Phi) is 7.00. The zero-order valence-corrected chi connectivity index (χ0v) is 22.9. The van der Waals surface area contributed by atoms with E-state index in [1.54, 1.807) is 13.0 Å². The zero-order valence-electron chi connectivity index (χ0n) is 22.9. The lowest BCUT2D eigenvalue weighted by atomic mass is 9.75. The molecule has 2 aliphatic carbocycles. The molecule has 5 rings (SSSR count). The van der Waals surface area contributed by atoms with Gasteiger partial charge in [0.1, 0.15) is 24.0 Å². The number of hydrogen-bond acceptors (Lipinski definition) is 2. The second kappa shape index (κ2) is 10.1. The van der Waals surface area contributed by atoms with Crippen LogP contribution in [-0.2, 0) is 17.8 Å². The average Bonchev–Trinajstić information content (AvgIpc) is 3.45. The molecule has 0 aliphatic heterocycles. The van der Waals surface area contributed by atoms with E-state index in [0.29, 0.717) is 18.1 Å². The molecule has 3 heteroatoms. The number of rotatable bonds is 7. The summed E-state index contributed by atoms with van der Waals surface area (Å²) in [6.07, 6.45) is 5.55. The Morgan fingerprint density at radius 3 is 2.57 bits per heavy atom. The second-order valence-electron chi connectivity index (χ2n) is 12.0. The van der Waals surface area contributed by atoms with Gasteiger partial charge in [-0.2, -0.15) is 0 Å². The minimum Gasteiger partial charge on any atom is -0.489 e. The van der Waals surface area contributed by atoms with Crippen molar-refractivity contribution in [3.63, 3.8) is 0 Å². The van der Waals surface area contributed by atoms with E-state index in [9.17, 15) is 9.18 Å². The van der Waals surface area contributed by atoms with Gasteiger partial charge in [0.15, 0.2) is 0 Å². The Morgan fingerprint density at radius 1 is 1.03 bits per heavy atom. The van der Waals surface area contributed by atoms with Crippen LogP contribution in [0.3, 0.4) is 0 Å². The first-order valence-electron chi connectivity index (χ1n) is 13.8. The van der Waals surface area contributed by atoms with Gasteiger partial charge < -0.3 is 4.74 Å². The van der Waals surface area contributed by atoms with Crippen LogP contribution in [-0.4, -0.2) is 5.78 Å². The molecule has 1 fully saturated rings. The first-order valence-corrected chi connectivity index (χ1v) is 13.8. The van der Waals surface area contributed by atoms with Crippen LogP contribution in [0.5, 0.6) is 5.75 Å². The van der Waals surface area contributed by atoms with Crippen LogP contribution >= 0.6 is 0 Å². The van der Waals surface area contributed by atoms with Crippen molar-refractivity contribution in [2.45, 2.75) is 85.2 Å². The van der Waals surface area contributed by atoms with Crippen LogP contribution in [0, 0.1) is 24.1 Å². The third-order valence-corrected chi connectivity index (χ3v) is 9.05. The number of halogens is 1. The highest BCUT2D eigenvalue weighted by Crippen LogP contribution is 2.51. The molecule has 194 valence electrons. The van der Waals surface area contributed by atoms with E-state index >= 15 is 0 Å².